The number of halogens is 1. The summed E-state index contributed by atoms with van der Waals surface area (Å²) in [5.41, 5.74) is 0.120. The number of carbonyl (C=O) groups excluding carboxylic acids is 2. The highest BCUT2D eigenvalue weighted by Gasteiger charge is 2.24. The number of esters is 2. The summed E-state index contributed by atoms with van der Waals surface area (Å²) < 4.78 is 41.3. The number of benzene rings is 1. The molecule has 0 aliphatic rings. The van der Waals surface area contributed by atoms with E-state index in [4.69, 9.17) is 20.8 Å². The second-order valence-corrected chi connectivity index (χ2v) is 7.30. The fourth-order valence-corrected chi connectivity index (χ4v) is 3.29. The number of sulfonamides is 1. The summed E-state index contributed by atoms with van der Waals surface area (Å²) in [5, 5.41) is 0.385. The topological polar surface area (TPSA) is 112 Å². The van der Waals surface area contributed by atoms with Gasteiger partial charge in [-0.15, -0.1) is 0 Å². The van der Waals surface area contributed by atoms with Crippen molar-refractivity contribution >= 4 is 33.6 Å². The molecule has 2 rings (SSSR count). The summed E-state index contributed by atoms with van der Waals surface area (Å²) in [7, 11) is -2.72. The third kappa shape index (κ3) is 4.84. The number of hydrogen-bond acceptors (Lipinski definition) is 7. The molecule has 0 saturated heterocycles. The van der Waals surface area contributed by atoms with Gasteiger partial charge >= 0.3 is 11.9 Å². The SMILES string of the molecule is COC(=O)c1ccoc1COC(=O)[C@H](C)NS(=O)(=O)c1ccc(Cl)cc1. The molecule has 0 radical (unpaired) electrons. The van der Waals surface area contributed by atoms with Crippen LogP contribution in [0.3, 0.4) is 0 Å². The Morgan fingerprint density at radius 1 is 1.23 bits per heavy atom. The van der Waals surface area contributed by atoms with E-state index in [9.17, 15) is 18.0 Å². The number of rotatable bonds is 7. The van der Waals surface area contributed by atoms with Crippen molar-refractivity contribution in [3.63, 3.8) is 0 Å². The fraction of sp³-hybridized carbons (Fsp3) is 0.250. The fourth-order valence-electron chi connectivity index (χ4n) is 1.97. The van der Waals surface area contributed by atoms with Crippen molar-refractivity contribution < 1.29 is 31.9 Å². The van der Waals surface area contributed by atoms with Gasteiger partial charge in [-0.2, -0.15) is 4.72 Å². The van der Waals surface area contributed by atoms with Gasteiger partial charge in [0.2, 0.25) is 10.0 Å². The van der Waals surface area contributed by atoms with E-state index in [0.29, 0.717) is 5.02 Å². The van der Waals surface area contributed by atoms with Crippen LogP contribution in [-0.4, -0.2) is 33.5 Å². The van der Waals surface area contributed by atoms with Crippen molar-refractivity contribution in [3.8, 4) is 0 Å². The molecule has 1 aromatic carbocycles. The predicted octanol–water partition coefficient (Wildman–Crippen LogP) is 2.13. The van der Waals surface area contributed by atoms with Gasteiger partial charge < -0.3 is 13.9 Å². The van der Waals surface area contributed by atoms with Crippen molar-refractivity contribution in [2.45, 2.75) is 24.5 Å². The molecule has 0 bridgehead atoms. The lowest BCUT2D eigenvalue weighted by Gasteiger charge is -2.13. The molecule has 0 aliphatic heterocycles. The lowest BCUT2D eigenvalue weighted by molar-refractivity contribution is -0.147. The van der Waals surface area contributed by atoms with E-state index < -0.39 is 28.0 Å². The highest BCUT2D eigenvalue weighted by Crippen LogP contribution is 2.15. The minimum absolute atomic E-state index is 0.0411. The summed E-state index contributed by atoms with van der Waals surface area (Å²) in [6.07, 6.45) is 1.25. The summed E-state index contributed by atoms with van der Waals surface area (Å²) >= 11 is 5.72. The molecular formula is C16H16ClNO7S. The molecule has 0 unspecified atom stereocenters. The van der Waals surface area contributed by atoms with E-state index in [2.05, 4.69) is 9.46 Å². The first-order valence-corrected chi connectivity index (χ1v) is 9.20. The third-order valence-electron chi connectivity index (χ3n) is 3.31. The van der Waals surface area contributed by atoms with E-state index in [-0.39, 0.29) is 22.8 Å². The van der Waals surface area contributed by atoms with Crippen LogP contribution in [0.2, 0.25) is 5.02 Å². The Bertz CT molecular complexity index is 890. The number of ether oxygens (including phenoxy) is 2. The van der Waals surface area contributed by atoms with Crippen molar-refractivity contribution in [3.05, 3.63) is 52.9 Å². The average Bonchev–Trinajstić information content (AvgIpc) is 3.07. The standard InChI is InChI=1S/C16H16ClNO7S/c1-10(18-26(21,22)12-5-3-11(17)4-6-12)15(19)25-9-14-13(7-8-24-14)16(20)23-2/h3-8,10,18H,9H2,1-2H3/t10-/m0/s1. The number of nitrogens with one attached hydrogen (secondary N) is 1. The molecule has 0 amide bonds. The molecule has 0 fully saturated rings. The molecule has 26 heavy (non-hydrogen) atoms. The maximum absolute atomic E-state index is 12.2. The largest absolute Gasteiger partial charge is 0.465 e. The van der Waals surface area contributed by atoms with Gasteiger partial charge in [0, 0.05) is 5.02 Å². The lowest BCUT2D eigenvalue weighted by Crippen LogP contribution is -2.39. The Hall–Kier alpha value is -2.36. The minimum atomic E-state index is -3.93. The summed E-state index contributed by atoms with van der Waals surface area (Å²) in [6.45, 7) is 0.989. The van der Waals surface area contributed by atoms with Crippen LogP contribution in [0.1, 0.15) is 23.0 Å². The van der Waals surface area contributed by atoms with Gasteiger partial charge in [0.25, 0.3) is 0 Å². The molecule has 2 aromatic rings. The Kier molecular flexibility index (Phi) is 6.41. The van der Waals surface area contributed by atoms with Gasteiger partial charge in [-0.3, -0.25) is 4.79 Å². The minimum Gasteiger partial charge on any atom is -0.465 e. The number of methoxy groups -OCH3 is 1. The predicted molar refractivity (Wildman–Crippen MR) is 91.1 cm³/mol. The Morgan fingerprint density at radius 3 is 2.50 bits per heavy atom. The van der Waals surface area contributed by atoms with E-state index >= 15 is 0 Å². The van der Waals surface area contributed by atoms with E-state index in [1.165, 1.54) is 50.6 Å². The maximum Gasteiger partial charge on any atom is 0.341 e. The van der Waals surface area contributed by atoms with Gasteiger partial charge in [0.05, 0.1) is 18.3 Å². The van der Waals surface area contributed by atoms with E-state index in [0.717, 1.165) is 0 Å². The summed E-state index contributed by atoms with van der Waals surface area (Å²) in [5.74, 6) is -1.38. The van der Waals surface area contributed by atoms with Crippen LogP contribution in [0, 0.1) is 0 Å². The third-order valence-corrected chi connectivity index (χ3v) is 5.11. The zero-order valence-corrected chi connectivity index (χ0v) is 15.5. The summed E-state index contributed by atoms with van der Waals surface area (Å²) in [4.78, 5) is 23.5. The normalized spacial score (nSPS) is 12.4. The zero-order chi connectivity index (χ0) is 19.3. The molecule has 140 valence electrons. The summed E-state index contributed by atoms with van der Waals surface area (Å²) in [6, 6.07) is 5.69. The van der Waals surface area contributed by atoms with Crippen LogP contribution >= 0.6 is 11.6 Å². The van der Waals surface area contributed by atoms with Crippen molar-refractivity contribution in [2.24, 2.45) is 0 Å². The van der Waals surface area contributed by atoms with Gasteiger partial charge in [-0.05, 0) is 37.3 Å². The molecular weight excluding hydrogens is 386 g/mol. The molecule has 0 spiro atoms. The number of carbonyl (C=O) groups is 2. The molecule has 10 heteroatoms. The quantitative estimate of drug-likeness (QED) is 0.707. The second-order valence-electron chi connectivity index (χ2n) is 5.15. The molecule has 8 nitrogen and oxygen atoms in total. The smallest absolute Gasteiger partial charge is 0.341 e. The Morgan fingerprint density at radius 2 is 1.88 bits per heavy atom. The highest BCUT2D eigenvalue weighted by molar-refractivity contribution is 7.89. The first-order valence-electron chi connectivity index (χ1n) is 7.34. The first kappa shape index (κ1) is 20.0. The Labute approximate surface area is 155 Å². The van der Waals surface area contributed by atoms with Gasteiger partial charge in [0.15, 0.2) is 5.76 Å². The monoisotopic (exact) mass is 401 g/mol. The van der Waals surface area contributed by atoms with Crippen LogP contribution in [0.4, 0.5) is 0 Å². The van der Waals surface area contributed by atoms with Crippen molar-refractivity contribution in [1.82, 2.24) is 4.72 Å². The second kappa shape index (κ2) is 8.35. The van der Waals surface area contributed by atoms with Crippen molar-refractivity contribution in [1.29, 1.82) is 0 Å². The highest BCUT2D eigenvalue weighted by atomic mass is 35.5. The molecule has 1 N–H and O–H groups in total. The van der Waals surface area contributed by atoms with Crippen LogP contribution in [0.25, 0.3) is 0 Å². The van der Waals surface area contributed by atoms with Gasteiger partial charge in [-0.25, -0.2) is 13.2 Å². The van der Waals surface area contributed by atoms with Crippen LogP contribution in [-0.2, 0) is 30.9 Å². The van der Waals surface area contributed by atoms with E-state index in [1.807, 2.05) is 0 Å². The molecule has 0 aliphatic carbocycles. The van der Waals surface area contributed by atoms with Crippen LogP contribution in [0.15, 0.2) is 45.9 Å². The molecule has 0 saturated carbocycles. The molecule has 1 heterocycles. The average molecular weight is 402 g/mol. The van der Waals surface area contributed by atoms with E-state index in [1.54, 1.807) is 0 Å². The number of hydrogen-bond donors (Lipinski definition) is 1. The number of furan rings is 1. The van der Waals surface area contributed by atoms with Crippen molar-refractivity contribution in [2.75, 3.05) is 7.11 Å². The first-order chi connectivity index (χ1) is 12.2. The molecule has 1 atom stereocenters. The van der Waals surface area contributed by atoms with Gasteiger partial charge in [0.1, 0.15) is 18.2 Å². The zero-order valence-electron chi connectivity index (χ0n) is 13.9. The maximum atomic E-state index is 12.2. The van der Waals surface area contributed by atoms with Crippen LogP contribution < -0.4 is 4.72 Å². The lowest BCUT2D eigenvalue weighted by atomic mass is 10.2. The van der Waals surface area contributed by atoms with Gasteiger partial charge in [-0.1, -0.05) is 11.6 Å². The Balaban J connectivity index is 1.98. The van der Waals surface area contributed by atoms with Crippen LogP contribution in [0.5, 0.6) is 0 Å². The molecule has 1 aromatic heterocycles.